The van der Waals surface area contributed by atoms with E-state index in [-0.39, 0.29) is 0 Å². The van der Waals surface area contributed by atoms with Gasteiger partial charge in [0.1, 0.15) is 0 Å². The highest BCUT2D eigenvalue weighted by Crippen LogP contribution is 2.51. The SMILES string of the molecule is CNC1C2CCOC2C1(C)C. The van der Waals surface area contributed by atoms with Crippen LogP contribution in [0.5, 0.6) is 0 Å². The minimum Gasteiger partial charge on any atom is -0.377 e. The van der Waals surface area contributed by atoms with Crippen LogP contribution in [0.2, 0.25) is 0 Å². The molecule has 64 valence electrons. The standard InChI is InChI=1S/C9H17NO/c1-9(2)7(10-3)6-4-5-11-8(6)9/h6-8,10H,4-5H2,1-3H3. The predicted octanol–water partition coefficient (Wildman–Crippen LogP) is 1.02. The molecule has 3 atom stereocenters. The van der Waals surface area contributed by atoms with E-state index in [4.69, 9.17) is 4.74 Å². The van der Waals surface area contributed by atoms with Gasteiger partial charge in [-0.2, -0.15) is 0 Å². The molecule has 2 rings (SSSR count). The van der Waals surface area contributed by atoms with Gasteiger partial charge in [-0.05, 0) is 13.5 Å². The molecule has 2 nitrogen and oxygen atoms in total. The summed E-state index contributed by atoms with van der Waals surface area (Å²) in [7, 11) is 2.06. The van der Waals surface area contributed by atoms with Crippen LogP contribution in [-0.2, 0) is 4.74 Å². The number of fused-ring (bicyclic) bond motifs is 1. The maximum Gasteiger partial charge on any atom is 0.0685 e. The van der Waals surface area contributed by atoms with Crippen molar-refractivity contribution in [2.24, 2.45) is 11.3 Å². The van der Waals surface area contributed by atoms with Crippen LogP contribution in [0.1, 0.15) is 20.3 Å². The third-order valence-electron chi connectivity index (χ3n) is 3.41. The van der Waals surface area contributed by atoms with E-state index in [1.54, 1.807) is 0 Å². The first kappa shape index (κ1) is 7.56. The highest BCUT2D eigenvalue weighted by Gasteiger charge is 2.58. The third kappa shape index (κ3) is 0.798. The number of nitrogens with one attached hydrogen (secondary N) is 1. The molecule has 0 amide bonds. The molecule has 1 heterocycles. The lowest BCUT2D eigenvalue weighted by Crippen LogP contribution is -2.65. The molecule has 0 aromatic carbocycles. The molecule has 1 saturated heterocycles. The van der Waals surface area contributed by atoms with Gasteiger partial charge in [-0.25, -0.2) is 0 Å². The molecular formula is C9H17NO. The smallest absolute Gasteiger partial charge is 0.0685 e. The molecule has 1 aliphatic heterocycles. The summed E-state index contributed by atoms with van der Waals surface area (Å²) in [4.78, 5) is 0. The van der Waals surface area contributed by atoms with E-state index in [2.05, 4.69) is 26.2 Å². The normalized spacial score (nSPS) is 46.6. The van der Waals surface area contributed by atoms with Crippen molar-refractivity contribution in [3.8, 4) is 0 Å². The summed E-state index contributed by atoms with van der Waals surface area (Å²) in [5.74, 6) is 0.787. The number of rotatable bonds is 1. The molecule has 11 heavy (non-hydrogen) atoms. The van der Waals surface area contributed by atoms with Gasteiger partial charge < -0.3 is 10.1 Å². The van der Waals surface area contributed by atoms with E-state index < -0.39 is 0 Å². The minimum atomic E-state index is 0.357. The Balaban J connectivity index is 2.12. The van der Waals surface area contributed by atoms with Crippen LogP contribution in [0, 0.1) is 11.3 Å². The van der Waals surface area contributed by atoms with E-state index in [0.717, 1.165) is 12.5 Å². The number of hydrogen-bond acceptors (Lipinski definition) is 2. The van der Waals surface area contributed by atoms with Crippen LogP contribution in [0.25, 0.3) is 0 Å². The molecule has 0 spiro atoms. The predicted molar refractivity (Wildman–Crippen MR) is 44.5 cm³/mol. The minimum absolute atomic E-state index is 0.357. The Bertz CT molecular complexity index is 167. The van der Waals surface area contributed by atoms with E-state index in [1.807, 2.05) is 0 Å². The van der Waals surface area contributed by atoms with Gasteiger partial charge in [0.05, 0.1) is 6.10 Å². The molecule has 3 unspecified atom stereocenters. The van der Waals surface area contributed by atoms with E-state index in [1.165, 1.54) is 6.42 Å². The first-order valence-electron chi connectivity index (χ1n) is 4.47. The topological polar surface area (TPSA) is 21.3 Å². The van der Waals surface area contributed by atoms with Crippen molar-refractivity contribution in [3.05, 3.63) is 0 Å². The molecule has 1 aliphatic carbocycles. The molecule has 0 aromatic rings. The van der Waals surface area contributed by atoms with Crippen molar-refractivity contribution in [2.75, 3.05) is 13.7 Å². The van der Waals surface area contributed by atoms with Crippen LogP contribution in [-0.4, -0.2) is 25.8 Å². The molecule has 2 aliphatic rings. The van der Waals surface area contributed by atoms with Gasteiger partial charge in [0, 0.05) is 24.0 Å². The van der Waals surface area contributed by atoms with Crippen LogP contribution in [0.4, 0.5) is 0 Å². The van der Waals surface area contributed by atoms with Gasteiger partial charge >= 0.3 is 0 Å². The van der Waals surface area contributed by atoms with Crippen LogP contribution >= 0.6 is 0 Å². The third-order valence-corrected chi connectivity index (χ3v) is 3.41. The van der Waals surface area contributed by atoms with Crippen LogP contribution in [0.3, 0.4) is 0 Å². The summed E-state index contributed by atoms with van der Waals surface area (Å²) >= 11 is 0. The molecule has 0 radical (unpaired) electrons. The zero-order valence-electron chi connectivity index (χ0n) is 7.55. The van der Waals surface area contributed by atoms with Crippen LogP contribution < -0.4 is 5.32 Å². The van der Waals surface area contributed by atoms with Crippen molar-refractivity contribution < 1.29 is 4.74 Å². The molecule has 2 fully saturated rings. The first-order chi connectivity index (χ1) is 5.18. The number of hydrogen-bond donors (Lipinski definition) is 1. The molecule has 0 aromatic heterocycles. The van der Waals surface area contributed by atoms with Gasteiger partial charge in [0.2, 0.25) is 0 Å². The lowest BCUT2D eigenvalue weighted by molar-refractivity contribution is -0.110. The van der Waals surface area contributed by atoms with Crippen LogP contribution in [0.15, 0.2) is 0 Å². The summed E-state index contributed by atoms with van der Waals surface area (Å²) < 4.78 is 5.66. The lowest BCUT2D eigenvalue weighted by Gasteiger charge is -2.54. The maximum absolute atomic E-state index is 5.66. The molecule has 2 heteroatoms. The van der Waals surface area contributed by atoms with Crippen molar-refractivity contribution in [3.63, 3.8) is 0 Å². The molecule has 0 bridgehead atoms. The average Bonchev–Trinajstić information content (AvgIpc) is 2.34. The first-order valence-corrected chi connectivity index (χ1v) is 4.47. The summed E-state index contributed by atoms with van der Waals surface area (Å²) in [6.07, 6.45) is 1.78. The highest BCUT2D eigenvalue weighted by molar-refractivity contribution is 5.10. The largest absolute Gasteiger partial charge is 0.377 e. The van der Waals surface area contributed by atoms with Gasteiger partial charge in [-0.1, -0.05) is 13.8 Å². The summed E-state index contributed by atoms with van der Waals surface area (Å²) in [5.41, 5.74) is 0.357. The van der Waals surface area contributed by atoms with E-state index >= 15 is 0 Å². The summed E-state index contributed by atoms with van der Waals surface area (Å²) in [6, 6.07) is 0.676. The Morgan fingerprint density at radius 3 is 2.82 bits per heavy atom. The van der Waals surface area contributed by atoms with Crippen molar-refractivity contribution >= 4 is 0 Å². The second-order valence-electron chi connectivity index (χ2n) is 4.33. The second-order valence-corrected chi connectivity index (χ2v) is 4.33. The fraction of sp³-hybridized carbons (Fsp3) is 1.00. The van der Waals surface area contributed by atoms with Gasteiger partial charge in [0.15, 0.2) is 0 Å². The summed E-state index contributed by atoms with van der Waals surface area (Å²) in [5, 5.41) is 3.38. The quantitative estimate of drug-likeness (QED) is 0.610. The van der Waals surface area contributed by atoms with Gasteiger partial charge in [0.25, 0.3) is 0 Å². The number of ether oxygens (including phenoxy) is 1. The van der Waals surface area contributed by atoms with Crippen molar-refractivity contribution in [2.45, 2.75) is 32.4 Å². The van der Waals surface area contributed by atoms with Crippen molar-refractivity contribution in [1.29, 1.82) is 0 Å². The van der Waals surface area contributed by atoms with Gasteiger partial charge in [-0.15, -0.1) is 0 Å². The molecule has 1 saturated carbocycles. The Kier molecular flexibility index (Phi) is 1.52. The maximum atomic E-state index is 5.66. The lowest BCUT2D eigenvalue weighted by atomic mass is 9.57. The second kappa shape index (κ2) is 2.20. The average molecular weight is 155 g/mol. The summed E-state index contributed by atoms with van der Waals surface area (Å²) in [6.45, 7) is 5.55. The van der Waals surface area contributed by atoms with E-state index in [0.29, 0.717) is 17.6 Å². The van der Waals surface area contributed by atoms with Crippen molar-refractivity contribution in [1.82, 2.24) is 5.32 Å². The Hall–Kier alpha value is -0.0800. The Labute approximate surface area is 68.3 Å². The Morgan fingerprint density at radius 2 is 2.18 bits per heavy atom. The fourth-order valence-corrected chi connectivity index (χ4v) is 2.91. The van der Waals surface area contributed by atoms with E-state index in [9.17, 15) is 0 Å². The Morgan fingerprint density at radius 1 is 1.45 bits per heavy atom. The molecular weight excluding hydrogens is 138 g/mol. The van der Waals surface area contributed by atoms with Gasteiger partial charge in [-0.3, -0.25) is 0 Å². The fourth-order valence-electron chi connectivity index (χ4n) is 2.91. The monoisotopic (exact) mass is 155 g/mol. The zero-order valence-corrected chi connectivity index (χ0v) is 7.55. The zero-order chi connectivity index (χ0) is 8.06. The molecule has 1 N–H and O–H groups in total. The highest BCUT2D eigenvalue weighted by atomic mass is 16.5.